The molecule has 0 radical (unpaired) electrons. The van der Waals surface area contributed by atoms with Crippen LogP contribution in [0.5, 0.6) is 0 Å². The summed E-state index contributed by atoms with van der Waals surface area (Å²) in [7, 11) is 0. The number of aryl methyl sites for hydroxylation is 1. The minimum atomic E-state index is -0.609. The van der Waals surface area contributed by atoms with Crippen LogP contribution in [0, 0.1) is 18.3 Å². The molecule has 0 spiro atoms. The third-order valence-electron chi connectivity index (χ3n) is 4.55. The maximum absolute atomic E-state index is 12.3. The van der Waals surface area contributed by atoms with Crippen LogP contribution in [0.15, 0.2) is 42.5 Å². The third-order valence-corrected chi connectivity index (χ3v) is 4.81. The molecule has 2 aromatic rings. The Bertz CT molecular complexity index is 827. The smallest absolute Gasteiger partial charge is 0.325 e. The number of esters is 1. The van der Waals surface area contributed by atoms with Gasteiger partial charge in [-0.05, 0) is 62.2 Å². The van der Waals surface area contributed by atoms with Crippen LogP contribution < -0.4 is 10.2 Å². The van der Waals surface area contributed by atoms with E-state index in [9.17, 15) is 4.79 Å². The second-order valence-corrected chi connectivity index (χ2v) is 6.85. The summed E-state index contributed by atoms with van der Waals surface area (Å²) in [5, 5.41) is 12.8. The molecule has 0 saturated heterocycles. The molecular formula is C22H26ClN3O2. The van der Waals surface area contributed by atoms with Gasteiger partial charge in [0.25, 0.3) is 0 Å². The summed E-state index contributed by atoms with van der Waals surface area (Å²) in [5.41, 5.74) is 3.85. The Hall–Kier alpha value is -2.71. The molecule has 0 aliphatic rings. The Balaban J connectivity index is 1.98. The molecule has 0 amide bonds. The van der Waals surface area contributed by atoms with Crippen LogP contribution in [0.25, 0.3) is 0 Å². The van der Waals surface area contributed by atoms with Crippen molar-refractivity contribution < 1.29 is 9.53 Å². The Labute approximate surface area is 171 Å². The lowest BCUT2D eigenvalue weighted by Crippen LogP contribution is -2.22. The standard InChI is InChI=1S/C22H26ClN3O2/c1-4-26(5-2)19-10-11-20(16(3)14-19)25-15-22(27)28-21(12-13-24)17-6-8-18(23)9-7-17/h6-11,14,21,25H,4-5,12,15H2,1-3H3. The van der Waals surface area contributed by atoms with Crippen molar-refractivity contribution in [3.8, 4) is 6.07 Å². The van der Waals surface area contributed by atoms with E-state index in [1.165, 1.54) is 0 Å². The molecule has 0 fully saturated rings. The lowest BCUT2D eigenvalue weighted by Gasteiger charge is -2.22. The molecule has 0 aliphatic heterocycles. The summed E-state index contributed by atoms with van der Waals surface area (Å²) >= 11 is 5.89. The molecule has 2 aromatic carbocycles. The summed E-state index contributed by atoms with van der Waals surface area (Å²) < 4.78 is 5.50. The first-order chi connectivity index (χ1) is 13.5. The lowest BCUT2D eigenvalue weighted by molar-refractivity contribution is -0.147. The number of hydrogen-bond donors (Lipinski definition) is 1. The first-order valence-electron chi connectivity index (χ1n) is 9.39. The van der Waals surface area contributed by atoms with Crippen molar-refractivity contribution >= 4 is 28.9 Å². The quantitative estimate of drug-likeness (QED) is 0.594. The first-order valence-corrected chi connectivity index (χ1v) is 9.77. The highest BCUT2D eigenvalue weighted by atomic mass is 35.5. The van der Waals surface area contributed by atoms with Crippen molar-refractivity contribution in [3.05, 3.63) is 58.6 Å². The van der Waals surface area contributed by atoms with Crippen molar-refractivity contribution in [2.24, 2.45) is 0 Å². The highest BCUT2D eigenvalue weighted by Crippen LogP contribution is 2.24. The molecule has 0 aromatic heterocycles. The molecule has 148 valence electrons. The van der Waals surface area contributed by atoms with Crippen LogP contribution in [0.4, 0.5) is 11.4 Å². The molecule has 0 heterocycles. The van der Waals surface area contributed by atoms with Gasteiger partial charge in [0.1, 0.15) is 12.6 Å². The maximum Gasteiger partial charge on any atom is 0.325 e. The number of carbonyl (C=O) groups is 1. The summed E-state index contributed by atoms with van der Waals surface area (Å²) in [5.74, 6) is -0.414. The zero-order chi connectivity index (χ0) is 20.5. The topological polar surface area (TPSA) is 65.4 Å². The van der Waals surface area contributed by atoms with Crippen molar-refractivity contribution in [3.63, 3.8) is 0 Å². The number of nitrogens with one attached hydrogen (secondary N) is 1. The number of halogens is 1. The first kappa shape index (κ1) is 21.6. The fourth-order valence-corrected chi connectivity index (χ4v) is 3.11. The maximum atomic E-state index is 12.3. The molecule has 0 saturated carbocycles. The van der Waals surface area contributed by atoms with Crippen LogP contribution in [-0.4, -0.2) is 25.6 Å². The van der Waals surface area contributed by atoms with Gasteiger partial charge in [-0.2, -0.15) is 5.26 Å². The Morgan fingerprint density at radius 1 is 1.21 bits per heavy atom. The molecule has 5 nitrogen and oxygen atoms in total. The SMILES string of the molecule is CCN(CC)c1ccc(NCC(=O)OC(CC#N)c2ccc(Cl)cc2)c(C)c1. The monoisotopic (exact) mass is 399 g/mol. The van der Waals surface area contributed by atoms with Crippen LogP contribution in [0.3, 0.4) is 0 Å². The van der Waals surface area contributed by atoms with Gasteiger partial charge < -0.3 is 15.0 Å². The summed E-state index contributed by atoms with van der Waals surface area (Å²) in [6.45, 7) is 8.17. The van der Waals surface area contributed by atoms with E-state index in [1.807, 2.05) is 19.1 Å². The number of rotatable bonds is 9. The average Bonchev–Trinajstić information content (AvgIpc) is 2.68. The van der Waals surface area contributed by atoms with E-state index in [-0.39, 0.29) is 13.0 Å². The number of carbonyl (C=O) groups excluding carboxylic acids is 1. The predicted molar refractivity (Wildman–Crippen MR) is 114 cm³/mol. The van der Waals surface area contributed by atoms with Gasteiger partial charge in [-0.25, -0.2) is 0 Å². The molecule has 2 rings (SSSR count). The molecule has 0 aliphatic carbocycles. The van der Waals surface area contributed by atoms with Gasteiger partial charge in [0.05, 0.1) is 12.5 Å². The van der Waals surface area contributed by atoms with Crippen molar-refractivity contribution in [2.45, 2.75) is 33.3 Å². The van der Waals surface area contributed by atoms with Crippen molar-refractivity contribution in [2.75, 3.05) is 29.9 Å². The van der Waals surface area contributed by atoms with Crippen LogP contribution in [0.1, 0.15) is 37.5 Å². The van der Waals surface area contributed by atoms with E-state index >= 15 is 0 Å². The lowest BCUT2D eigenvalue weighted by atomic mass is 10.1. The molecular weight excluding hydrogens is 374 g/mol. The number of nitrogens with zero attached hydrogens (tertiary/aromatic N) is 2. The van der Waals surface area contributed by atoms with Gasteiger partial charge >= 0.3 is 5.97 Å². The van der Waals surface area contributed by atoms with Crippen LogP contribution in [-0.2, 0) is 9.53 Å². The predicted octanol–water partition coefficient (Wildman–Crippen LogP) is 5.10. The van der Waals surface area contributed by atoms with E-state index in [2.05, 4.69) is 36.2 Å². The average molecular weight is 400 g/mol. The van der Waals surface area contributed by atoms with E-state index in [1.54, 1.807) is 24.3 Å². The molecule has 0 bridgehead atoms. The second-order valence-electron chi connectivity index (χ2n) is 6.42. The zero-order valence-corrected chi connectivity index (χ0v) is 17.3. The zero-order valence-electron chi connectivity index (χ0n) is 16.5. The van der Waals surface area contributed by atoms with Crippen molar-refractivity contribution in [1.29, 1.82) is 5.26 Å². The van der Waals surface area contributed by atoms with Gasteiger partial charge in [-0.3, -0.25) is 4.79 Å². The number of nitriles is 1. The highest BCUT2D eigenvalue weighted by molar-refractivity contribution is 6.30. The summed E-state index contributed by atoms with van der Waals surface area (Å²) in [6, 6.07) is 15.1. The molecule has 1 atom stereocenters. The number of ether oxygens (including phenoxy) is 1. The van der Waals surface area contributed by atoms with E-state index in [0.29, 0.717) is 5.02 Å². The molecule has 28 heavy (non-hydrogen) atoms. The summed E-state index contributed by atoms with van der Waals surface area (Å²) in [6.07, 6.45) is -0.520. The molecule has 1 unspecified atom stereocenters. The fraction of sp³-hybridized carbons (Fsp3) is 0.364. The van der Waals surface area contributed by atoms with E-state index < -0.39 is 12.1 Å². The Kier molecular flexibility index (Phi) is 8.16. The van der Waals surface area contributed by atoms with E-state index in [0.717, 1.165) is 35.6 Å². The third kappa shape index (κ3) is 5.90. The van der Waals surface area contributed by atoms with Gasteiger partial charge in [0.15, 0.2) is 0 Å². The Morgan fingerprint density at radius 2 is 1.89 bits per heavy atom. The van der Waals surface area contributed by atoms with Crippen LogP contribution in [0.2, 0.25) is 5.02 Å². The second kappa shape index (κ2) is 10.6. The largest absolute Gasteiger partial charge is 0.455 e. The fourth-order valence-electron chi connectivity index (χ4n) is 2.99. The molecule has 6 heteroatoms. The number of anilines is 2. The van der Waals surface area contributed by atoms with Gasteiger partial charge in [-0.1, -0.05) is 23.7 Å². The van der Waals surface area contributed by atoms with E-state index in [4.69, 9.17) is 21.6 Å². The minimum absolute atomic E-state index is 0.0287. The minimum Gasteiger partial charge on any atom is -0.455 e. The highest BCUT2D eigenvalue weighted by Gasteiger charge is 2.17. The molecule has 1 N–H and O–H groups in total. The summed E-state index contributed by atoms with van der Waals surface area (Å²) in [4.78, 5) is 14.6. The van der Waals surface area contributed by atoms with Crippen molar-refractivity contribution in [1.82, 2.24) is 0 Å². The van der Waals surface area contributed by atoms with Gasteiger partial charge in [0, 0.05) is 29.5 Å². The Morgan fingerprint density at radius 3 is 2.46 bits per heavy atom. The van der Waals surface area contributed by atoms with Crippen LogP contribution >= 0.6 is 11.6 Å². The van der Waals surface area contributed by atoms with Gasteiger partial charge in [0.2, 0.25) is 0 Å². The number of benzene rings is 2. The normalized spacial score (nSPS) is 11.4. The van der Waals surface area contributed by atoms with Gasteiger partial charge in [-0.15, -0.1) is 0 Å². The number of hydrogen-bond acceptors (Lipinski definition) is 5.